The lowest BCUT2D eigenvalue weighted by atomic mass is 10.1. The number of pyridine rings is 1. The van der Waals surface area contributed by atoms with Gasteiger partial charge in [-0.2, -0.15) is 5.10 Å². The number of aromatic nitrogens is 4. The number of nitro groups is 1. The normalized spacial score (nSPS) is 18.3. The molecule has 1 aliphatic heterocycles. The molecule has 0 radical (unpaired) electrons. The summed E-state index contributed by atoms with van der Waals surface area (Å²) in [4.78, 5) is 19.0. The minimum absolute atomic E-state index is 0.242. The van der Waals surface area contributed by atoms with Crippen molar-refractivity contribution in [2.75, 3.05) is 0 Å². The van der Waals surface area contributed by atoms with Crippen LogP contribution < -0.4 is 0 Å². The molecule has 2 aromatic rings. The van der Waals surface area contributed by atoms with Crippen molar-refractivity contribution in [3.63, 3.8) is 0 Å². The molecule has 3 rings (SSSR count). The lowest BCUT2D eigenvalue weighted by Gasteiger charge is -2.15. The van der Waals surface area contributed by atoms with Crippen molar-refractivity contribution in [3.8, 4) is 11.4 Å². The van der Waals surface area contributed by atoms with Crippen LogP contribution in [0.3, 0.4) is 0 Å². The van der Waals surface area contributed by atoms with Crippen LogP contribution >= 0.6 is 0 Å². The van der Waals surface area contributed by atoms with Gasteiger partial charge in [0, 0.05) is 35.7 Å². The molecule has 18 heavy (non-hydrogen) atoms. The van der Waals surface area contributed by atoms with Crippen LogP contribution in [0.25, 0.3) is 11.4 Å². The Morgan fingerprint density at radius 2 is 2.39 bits per heavy atom. The van der Waals surface area contributed by atoms with Crippen LogP contribution in [0.4, 0.5) is 0 Å². The molecule has 1 atom stereocenters. The fourth-order valence-electron chi connectivity index (χ4n) is 2.08. The van der Waals surface area contributed by atoms with Crippen LogP contribution in [-0.2, 0) is 13.0 Å². The van der Waals surface area contributed by atoms with Crippen molar-refractivity contribution in [3.05, 3.63) is 40.5 Å². The standard InChI is InChI=1S/C11H11N5O2/c17-16(18)9-3-4-10-13-11(14-15(10)7-9)8-2-1-5-12-6-8/h1-2,5-6,9H,3-4,7H2. The fourth-order valence-corrected chi connectivity index (χ4v) is 2.08. The largest absolute Gasteiger partial charge is 0.264 e. The van der Waals surface area contributed by atoms with Crippen molar-refractivity contribution < 1.29 is 4.92 Å². The average Bonchev–Trinajstić information content (AvgIpc) is 2.82. The van der Waals surface area contributed by atoms with Gasteiger partial charge in [-0.25, -0.2) is 9.67 Å². The molecule has 0 N–H and O–H groups in total. The molecule has 7 nitrogen and oxygen atoms in total. The second-order valence-electron chi connectivity index (χ2n) is 4.25. The lowest BCUT2D eigenvalue weighted by molar-refractivity contribution is -0.527. The predicted octanol–water partition coefficient (Wildman–Crippen LogP) is 0.932. The highest BCUT2D eigenvalue weighted by Gasteiger charge is 2.29. The number of rotatable bonds is 2. The van der Waals surface area contributed by atoms with Gasteiger partial charge in [0.15, 0.2) is 5.82 Å². The summed E-state index contributed by atoms with van der Waals surface area (Å²) >= 11 is 0. The van der Waals surface area contributed by atoms with E-state index < -0.39 is 6.04 Å². The summed E-state index contributed by atoms with van der Waals surface area (Å²) in [6.07, 6.45) is 4.49. The van der Waals surface area contributed by atoms with Crippen molar-refractivity contribution >= 4 is 0 Å². The van der Waals surface area contributed by atoms with Crippen molar-refractivity contribution in [1.82, 2.24) is 19.7 Å². The zero-order valence-electron chi connectivity index (χ0n) is 9.56. The Morgan fingerprint density at radius 1 is 1.50 bits per heavy atom. The second-order valence-corrected chi connectivity index (χ2v) is 4.25. The van der Waals surface area contributed by atoms with E-state index in [2.05, 4.69) is 15.1 Å². The van der Waals surface area contributed by atoms with E-state index >= 15 is 0 Å². The third-order valence-electron chi connectivity index (χ3n) is 3.05. The van der Waals surface area contributed by atoms with Gasteiger partial charge in [0.25, 0.3) is 0 Å². The van der Waals surface area contributed by atoms with Crippen LogP contribution in [0.1, 0.15) is 12.2 Å². The SMILES string of the molecule is O=[N+]([O-])C1CCc2nc(-c3cccnc3)nn2C1. The Bertz CT molecular complexity index is 580. The molecule has 0 spiro atoms. The van der Waals surface area contributed by atoms with Crippen LogP contribution in [0.15, 0.2) is 24.5 Å². The molecule has 0 fully saturated rings. The quantitative estimate of drug-likeness (QED) is 0.580. The Morgan fingerprint density at radius 3 is 3.11 bits per heavy atom. The number of fused-ring (bicyclic) bond motifs is 1. The summed E-state index contributed by atoms with van der Waals surface area (Å²) in [5, 5.41) is 15.1. The van der Waals surface area contributed by atoms with E-state index in [9.17, 15) is 10.1 Å². The summed E-state index contributed by atoms with van der Waals surface area (Å²) in [6.45, 7) is 0.301. The maximum Gasteiger partial charge on any atom is 0.232 e. The average molecular weight is 245 g/mol. The number of nitrogens with zero attached hydrogens (tertiary/aromatic N) is 5. The molecule has 7 heteroatoms. The van der Waals surface area contributed by atoms with Crippen LogP contribution in [0, 0.1) is 10.1 Å². The van der Waals surface area contributed by atoms with Gasteiger partial charge in [-0.1, -0.05) is 0 Å². The molecule has 0 saturated carbocycles. The first-order valence-corrected chi connectivity index (χ1v) is 5.71. The molecular formula is C11H11N5O2. The summed E-state index contributed by atoms with van der Waals surface area (Å²) in [5.74, 6) is 1.40. The third-order valence-corrected chi connectivity index (χ3v) is 3.05. The smallest absolute Gasteiger partial charge is 0.232 e. The third kappa shape index (κ3) is 1.83. The number of hydrogen-bond acceptors (Lipinski definition) is 5. The van der Waals surface area contributed by atoms with Gasteiger partial charge in [-0.15, -0.1) is 0 Å². The van der Waals surface area contributed by atoms with Crippen molar-refractivity contribution in [1.29, 1.82) is 0 Å². The van der Waals surface area contributed by atoms with Crippen molar-refractivity contribution in [2.45, 2.75) is 25.4 Å². The second kappa shape index (κ2) is 4.17. The monoisotopic (exact) mass is 245 g/mol. The highest BCUT2D eigenvalue weighted by molar-refractivity contribution is 5.52. The van der Waals surface area contributed by atoms with E-state index in [1.54, 1.807) is 17.1 Å². The topological polar surface area (TPSA) is 86.7 Å². The van der Waals surface area contributed by atoms with E-state index in [0.717, 1.165) is 11.4 Å². The van der Waals surface area contributed by atoms with Gasteiger partial charge in [-0.3, -0.25) is 15.1 Å². The molecule has 0 bridgehead atoms. The Kier molecular flexibility index (Phi) is 2.51. The number of aryl methyl sites for hydroxylation is 1. The maximum absolute atomic E-state index is 10.8. The minimum atomic E-state index is -0.555. The van der Waals surface area contributed by atoms with Gasteiger partial charge < -0.3 is 0 Å². The molecule has 3 heterocycles. The van der Waals surface area contributed by atoms with E-state index in [4.69, 9.17) is 0 Å². The van der Waals surface area contributed by atoms with Crippen LogP contribution in [0.5, 0.6) is 0 Å². The van der Waals surface area contributed by atoms with Gasteiger partial charge in [0.2, 0.25) is 6.04 Å². The van der Waals surface area contributed by atoms with E-state index in [0.29, 0.717) is 25.2 Å². The maximum atomic E-state index is 10.8. The molecule has 2 aromatic heterocycles. The van der Waals surface area contributed by atoms with Gasteiger partial charge >= 0.3 is 0 Å². The molecule has 0 aromatic carbocycles. The molecule has 0 aliphatic carbocycles. The van der Waals surface area contributed by atoms with Gasteiger partial charge in [0.05, 0.1) is 0 Å². The lowest BCUT2D eigenvalue weighted by Crippen LogP contribution is -2.31. The highest BCUT2D eigenvalue weighted by atomic mass is 16.6. The fraction of sp³-hybridized carbons (Fsp3) is 0.364. The van der Waals surface area contributed by atoms with E-state index in [-0.39, 0.29) is 4.92 Å². The van der Waals surface area contributed by atoms with Crippen LogP contribution in [0.2, 0.25) is 0 Å². The first kappa shape index (κ1) is 10.8. The first-order valence-electron chi connectivity index (χ1n) is 5.71. The summed E-state index contributed by atoms with van der Waals surface area (Å²) in [7, 11) is 0. The zero-order chi connectivity index (χ0) is 12.5. The molecule has 0 saturated heterocycles. The predicted molar refractivity (Wildman–Crippen MR) is 62.4 cm³/mol. The van der Waals surface area contributed by atoms with E-state index in [1.807, 2.05) is 12.1 Å². The summed E-state index contributed by atoms with van der Waals surface area (Å²) in [6, 6.07) is 3.13. The Labute approximate surface area is 103 Å². The highest BCUT2D eigenvalue weighted by Crippen LogP contribution is 2.19. The van der Waals surface area contributed by atoms with Crippen molar-refractivity contribution in [2.24, 2.45) is 0 Å². The summed E-state index contributed by atoms with van der Waals surface area (Å²) in [5.41, 5.74) is 0.831. The minimum Gasteiger partial charge on any atom is -0.264 e. The molecule has 1 unspecified atom stereocenters. The molecule has 0 amide bonds. The Hall–Kier alpha value is -2.31. The molecule has 92 valence electrons. The molecule has 1 aliphatic rings. The first-order chi connectivity index (χ1) is 8.74. The van der Waals surface area contributed by atoms with Gasteiger partial charge in [-0.05, 0) is 12.1 Å². The number of hydrogen-bond donors (Lipinski definition) is 0. The Balaban J connectivity index is 1.92. The molecular weight excluding hydrogens is 234 g/mol. The van der Waals surface area contributed by atoms with Crippen LogP contribution in [-0.4, -0.2) is 30.7 Å². The zero-order valence-corrected chi connectivity index (χ0v) is 9.56. The van der Waals surface area contributed by atoms with E-state index in [1.165, 1.54) is 0 Å². The summed E-state index contributed by atoms with van der Waals surface area (Å²) < 4.78 is 1.64. The van der Waals surface area contributed by atoms with Gasteiger partial charge in [0.1, 0.15) is 12.4 Å².